The van der Waals surface area contributed by atoms with E-state index in [0.717, 1.165) is 5.56 Å². The second-order valence-electron chi connectivity index (χ2n) is 5.93. The Labute approximate surface area is 147 Å². The summed E-state index contributed by atoms with van der Waals surface area (Å²) in [4.78, 5) is 13.5. The van der Waals surface area contributed by atoms with Crippen LogP contribution in [0.2, 0.25) is 5.02 Å². The second-order valence-corrected chi connectivity index (χ2v) is 7.32. The van der Waals surface area contributed by atoms with E-state index in [1.165, 1.54) is 4.88 Å². The quantitative estimate of drug-likeness (QED) is 0.768. The van der Waals surface area contributed by atoms with Gasteiger partial charge in [0.25, 0.3) is 0 Å². The summed E-state index contributed by atoms with van der Waals surface area (Å²) in [7, 11) is 0. The fourth-order valence-corrected chi connectivity index (χ4v) is 3.81. The number of benzene rings is 1. The molecule has 0 fully saturated rings. The van der Waals surface area contributed by atoms with Crippen molar-refractivity contribution in [2.75, 3.05) is 6.54 Å². The monoisotopic (exact) mass is 350 g/mol. The first-order valence-electron chi connectivity index (χ1n) is 7.79. The van der Waals surface area contributed by atoms with Crippen LogP contribution in [-0.4, -0.2) is 12.5 Å². The zero-order valence-corrected chi connectivity index (χ0v) is 15.2. The summed E-state index contributed by atoms with van der Waals surface area (Å²) in [5.74, 6) is 0.391. The molecule has 0 spiro atoms. The van der Waals surface area contributed by atoms with Gasteiger partial charge in [0, 0.05) is 15.9 Å². The van der Waals surface area contributed by atoms with E-state index in [0.29, 0.717) is 10.9 Å². The van der Waals surface area contributed by atoms with Crippen LogP contribution in [0, 0.1) is 5.92 Å². The number of amides is 1. The lowest BCUT2D eigenvalue weighted by molar-refractivity contribution is -0.121. The molecule has 1 aromatic heterocycles. The normalized spacial score (nSPS) is 13.8. The molecule has 23 heavy (non-hydrogen) atoms. The van der Waals surface area contributed by atoms with Crippen molar-refractivity contribution >= 4 is 28.8 Å². The Bertz CT molecular complexity index is 628. The molecule has 1 amide bonds. The summed E-state index contributed by atoms with van der Waals surface area (Å²) in [6, 6.07) is 11.8. The first-order chi connectivity index (χ1) is 11.0. The molecule has 2 N–H and O–H groups in total. The Hall–Kier alpha value is -1.36. The van der Waals surface area contributed by atoms with Crippen LogP contribution < -0.4 is 10.6 Å². The minimum absolute atomic E-state index is 0.0281. The van der Waals surface area contributed by atoms with E-state index in [1.54, 1.807) is 11.3 Å². The van der Waals surface area contributed by atoms with Crippen molar-refractivity contribution in [3.05, 3.63) is 57.2 Å². The highest BCUT2D eigenvalue weighted by molar-refractivity contribution is 7.10. The van der Waals surface area contributed by atoms with Gasteiger partial charge in [0.2, 0.25) is 5.91 Å². The Kier molecular flexibility index (Phi) is 6.63. The summed E-state index contributed by atoms with van der Waals surface area (Å²) in [6.45, 7) is 6.54. The maximum absolute atomic E-state index is 12.2. The third-order valence-corrected chi connectivity index (χ3v) is 5.05. The van der Waals surface area contributed by atoms with E-state index in [-0.39, 0.29) is 24.5 Å². The van der Waals surface area contributed by atoms with Crippen LogP contribution in [-0.2, 0) is 4.79 Å². The number of hydrogen-bond donors (Lipinski definition) is 2. The molecule has 3 nitrogen and oxygen atoms in total. The van der Waals surface area contributed by atoms with Crippen LogP contribution >= 0.6 is 22.9 Å². The first-order valence-corrected chi connectivity index (χ1v) is 9.05. The van der Waals surface area contributed by atoms with Crippen molar-refractivity contribution in [3.63, 3.8) is 0 Å². The molecule has 2 unspecified atom stereocenters. The maximum Gasteiger partial charge on any atom is 0.234 e. The van der Waals surface area contributed by atoms with Gasteiger partial charge in [-0.25, -0.2) is 0 Å². The largest absolute Gasteiger partial charge is 0.348 e. The number of nitrogens with one attached hydrogen (secondary N) is 2. The Morgan fingerprint density at radius 2 is 1.91 bits per heavy atom. The van der Waals surface area contributed by atoms with Crippen molar-refractivity contribution < 1.29 is 4.79 Å². The topological polar surface area (TPSA) is 41.1 Å². The molecule has 2 atom stereocenters. The molecule has 2 aromatic rings. The van der Waals surface area contributed by atoms with Gasteiger partial charge >= 0.3 is 0 Å². The van der Waals surface area contributed by atoms with Gasteiger partial charge in [-0.1, -0.05) is 49.7 Å². The summed E-state index contributed by atoms with van der Waals surface area (Å²) < 4.78 is 0. The first kappa shape index (κ1) is 18.0. The van der Waals surface area contributed by atoms with Crippen LogP contribution in [0.4, 0.5) is 0 Å². The maximum atomic E-state index is 12.2. The molecule has 5 heteroatoms. The van der Waals surface area contributed by atoms with Gasteiger partial charge in [-0.3, -0.25) is 4.79 Å². The lowest BCUT2D eigenvalue weighted by Gasteiger charge is -2.22. The van der Waals surface area contributed by atoms with E-state index in [2.05, 4.69) is 35.9 Å². The highest BCUT2D eigenvalue weighted by Gasteiger charge is 2.18. The Balaban J connectivity index is 1.90. The molecule has 0 radical (unpaired) electrons. The zero-order chi connectivity index (χ0) is 16.8. The van der Waals surface area contributed by atoms with E-state index in [9.17, 15) is 4.79 Å². The van der Waals surface area contributed by atoms with Crippen LogP contribution in [0.3, 0.4) is 0 Å². The van der Waals surface area contributed by atoms with Crippen molar-refractivity contribution in [2.24, 2.45) is 5.92 Å². The van der Waals surface area contributed by atoms with Crippen molar-refractivity contribution in [1.82, 2.24) is 10.6 Å². The molecular formula is C18H23ClN2OS. The smallest absolute Gasteiger partial charge is 0.234 e. The van der Waals surface area contributed by atoms with Gasteiger partial charge in [0.1, 0.15) is 0 Å². The van der Waals surface area contributed by atoms with Crippen molar-refractivity contribution in [2.45, 2.75) is 32.9 Å². The van der Waals surface area contributed by atoms with Crippen molar-refractivity contribution in [3.8, 4) is 0 Å². The predicted molar refractivity (Wildman–Crippen MR) is 97.9 cm³/mol. The second kappa shape index (κ2) is 8.48. The molecule has 0 aliphatic heterocycles. The molecular weight excluding hydrogens is 328 g/mol. The molecule has 0 saturated carbocycles. The Morgan fingerprint density at radius 1 is 1.17 bits per heavy atom. The summed E-state index contributed by atoms with van der Waals surface area (Å²) in [5, 5.41) is 9.09. The van der Waals surface area contributed by atoms with Gasteiger partial charge in [-0.15, -0.1) is 11.3 Å². The third kappa shape index (κ3) is 5.06. The minimum atomic E-state index is -0.114. The highest BCUT2D eigenvalue weighted by Crippen LogP contribution is 2.25. The van der Waals surface area contributed by atoms with E-state index in [4.69, 9.17) is 11.6 Å². The fourth-order valence-electron chi connectivity index (χ4n) is 2.53. The zero-order valence-electron chi connectivity index (χ0n) is 13.7. The lowest BCUT2D eigenvalue weighted by atomic mass is 10.0. The van der Waals surface area contributed by atoms with Gasteiger partial charge in [0.05, 0.1) is 12.6 Å². The number of rotatable bonds is 7. The number of hydrogen-bond acceptors (Lipinski definition) is 3. The molecule has 0 aliphatic rings. The average molecular weight is 351 g/mol. The number of carbonyl (C=O) groups is 1. The van der Waals surface area contributed by atoms with Crippen LogP contribution in [0.5, 0.6) is 0 Å². The van der Waals surface area contributed by atoms with Crippen LogP contribution in [0.1, 0.15) is 43.3 Å². The average Bonchev–Trinajstić information content (AvgIpc) is 3.01. The van der Waals surface area contributed by atoms with Gasteiger partial charge in [0.15, 0.2) is 0 Å². The SMILES string of the molecule is CC(NC(=O)CNC(c1cccs1)C(C)C)c1ccccc1Cl. The molecule has 1 aromatic carbocycles. The van der Waals surface area contributed by atoms with Gasteiger partial charge in [-0.05, 0) is 35.9 Å². The summed E-state index contributed by atoms with van der Waals surface area (Å²) in [5.41, 5.74) is 0.932. The number of halogens is 1. The summed E-state index contributed by atoms with van der Waals surface area (Å²) in [6.07, 6.45) is 0. The molecule has 124 valence electrons. The predicted octanol–water partition coefficient (Wildman–Crippen LogP) is 4.57. The van der Waals surface area contributed by atoms with E-state index >= 15 is 0 Å². The minimum Gasteiger partial charge on any atom is -0.348 e. The summed E-state index contributed by atoms with van der Waals surface area (Å²) >= 11 is 7.89. The lowest BCUT2D eigenvalue weighted by Crippen LogP contribution is -2.38. The van der Waals surface area contributed by atoms with E-state index < -0.39 is 0 Å². The van der Waals surface area contributed by atoms with Gasteiger partial charge < -0.3 is 10.6 Å². The van der Waals surface area contributed by atoms with Crippen LogP contribution in [0.25, 0.3) is 0 Å². The molecule has 0 aliphatic carbocycles. The number of carbonyl (C=O) groups excluding carboxylic acids is 1. The van der Waals surface area contributed by atoms with E-state index in [1.807, 2.05) is 37.3 Å². The molecule has 0 saturated heterocycles. The van der Waals surface area contributed by atoms with Crippen molar-refractivity contribution in [1.29, 1.82) is 0 Å². The molecule has 1 heterocycles. The standard InChI is InChI=1S/C18H23ClN2OS/c1-12(2)18(16-9-6-10-23-16)20-11-17(22)21-13(3)14-7-4-5-8-15(14)19/h4-10,12-13,18,20H,11H2,1-3H3,(H,21,22). The highest BCUT2D eigenvalue weighted by atomic mass is 35.5. The molecule has 2 rings (SSSR count). The fraction of sp³-hybridized carbons (Fsp3) is 0.389. The number of thiophene rings is 1. The van der Waals surface area contributed by atoms with Crippen LogP contribution in [0.15, 0.2) is 41.8 Å². The Morgan fingerprint density at radius 3 is 2.52 bits per heavy atom. The van der Waals surface area contributed by atoms with Gasteiger partial charge in [-0.2, -0.15) is 0 Å². The molecule has 0 bridgehead atoms. The third-order valence-electron chi connectivity index (χ3n) is 3.75.